The molecule has 1 aliphatic rings. The molecule has 2 N–H and O–H groups in total. The molecule has 4 nitrogen and oxygen atoms in total. The lowest BCUT2D eigenvalue weighted by Crippen LogP contribution is -2.39. The van der Waals surface area contributed by atoms with Gasteiger partial charge in [0.15, 0.2) is 5.58 Å². The zero-order valence-electron chi connectivity index (χ0n) is 13.1. The largest absolute Gasteiger partial charge is 0.439 e. The molecule has 1 aromatic carbocycles. The van der Waals surface area contributed by atoms with E-state index in [1.165, 1.54) is 25.7 Å². The number of fused-ring (bicyclic) bond motifs is 1. The number of nitrogen functional groups attached to an aromatic ring is 1. The molecule has 0 unspecified atom stereocenters. The Morgan fingerprint density at radius 2 is 1.95 bits per heavy atom. The Labute approximate surface area is 126 Å². The number of nitrogens with zero attached hydrogens (tertiary/aromatic N) is 2. The molecule has 1 saturated heterocycles. The molecule has 1 aromatic heterocycles. The van der Waals surface area contributed by atoms with E-state index in [9.17, 15) is 0 Å². The lowest BCUT2D eigenvalue weighted by Gasteiger charge is -2.40. The third-order valence-corrected chi connectivity index (χ3v) is 5.23. The second kappa shape index (κ2) is 5.68. The summed E-state index contributed by atoms with van der Waals surface area (Å²) in [5.74, 6) is 0.802. The predicted molar refractivity (Wildman–Crippen MR) is 85.9 cm³/mol. The maximum atomic E-state index is 5.82. The van der Waals surface area contributed by atoms with Gasteiger partial charge in [-0.3, -0.25) is 4.90 Å². The molecule has 114 valence electrons. The summed E-state index contributed by atoms with van der Waals surface area (Å²) < 4.78 is 5.82. The summed E-state index contributed by atoms with van der Waals surface area (Å²) in [4.78, 5) is 7.01. The van der Waals surface area contributed by atoms with Crippen LogP contribution in [0.5, 0.6) is 0 Å². The quantitative estimate of drug-likeness (QED) is 0.869. The maximum Gasteiger partial charge on any atom is 0.209 e. The van der Waals surface area contributed by atoms with E-state index >= 15 is 0 Å². The number of anilines is 1. The van der Waals surface area contributed by atoms with Crippen LogP contribution in [-0.4, -0.2) is 23.0 Å². The second-order valence-electron chi connectivity index (χ2n) is 6.32. The lowest BCUT2D eigenvalue weighted by molar-refractivity contribution is 0.0855. The van der Waals surface area contributed by atoms with Crippen LogP contribution in [0.4, 0.5) is 5.69 Å². The number of nitrogens with two attached hydrogens (primary N) is 1. The first-order valence-corrected chi connectivity index (χ1v) is 8.01. The smallest absolute Gasteiger partial charge is 0.209 e. The third kappa shape index (κ3) is 2.91. The highest BCUT2D eigenvalue weighted by molar-refractivity contribution is 5.76. The Kier molecular flexibility index (Phi) is 3.89. The average molecular weight is 287 g/mol. The Morgan fingerprint density at radius 3 is 2.62 bits per heavy atom. The highest BCUT2D eigenvalue weighted by atomic mass is 16.3. The normalized spacial score (nSPS) is 19.1. The molecular formula is C17H25N3O. The van der Waals surface area contributed by atoms with Crippen LogP contribution in [0.1, 0.15) is 45.4 Å². The van der Waals surface area contributed by atoms with E-state index in [1.54, 1.807) is 0 Å². The fraction of sp³-hybridized carbons (Fsp3) is 0.588. The van der Waals surface area contributed by atoms with Gasteiger partial charge in [-0.25, -0.2) is 4.98 Å². The van der Waals surface area contributed by atoms with E-state index in [2.05, 4.69) is 23.7 Å². The topological polar surface area (TPSA) is 55.3 Å². The number of rotatable bonds is 4. The van der Waals surface area contributed by atoms with E-state index in [0.717, 1.165) is 42.3 Å². The van der Waals surface area contributed by atoms with Gasteiger partial charge < -0.3 is 10.2 Å². The fourth-order valence-corrected chi connectivity index (χ4v) is 3.39. The van der Waals surface area contributed by atoms with Crippen LogP contribution in [0.25, 0.3) is 11.1 Å². The number of benzene rings is 1. The van der Waals surface area contributed by atoms with Crippen LogP contribution >= 0.6 is 0 Å². The monoisotopic (exact) mass is 287 g/mol. The van der Waals surface area contributed by atoms with Gasteiger partial charge in [0.25, 0.3) is 0 Å². The molecular weight excluding hydrogens is 262 g/mol. The molecule has 2 heterocycles. The minimum atomic E-state index is 0.562. The zero-order chi connectivity index (χ0) is 14.9. The number of hydrogen-bond donors (Lipinski definition) is 1. The van der Waals surface area contributed by atoms with E-state index in [4.69, 9.17) is 10.2 Å². The van der Waals surface area contributed by atoms with Crippen molar-refractivity contribution < 1.29 is 4.42 Å². The van der Waals surface area contributed by atoms with Gasteiger partial charge in [-0.15, -0.1) is 0 Å². The van der Waals surface area contributed by atoms with Crippen molar-refractivity contribution in [1.82, 2.24) is 9.88 Å². The van der Waals surface area contributed by atoms with Crippen molar-refractivity contribution in [3.8, 4) is 0 Å². The van der Waals surface area contributed by atoms with Gasteiger partial charge >= 0.3 is 0 Å². The molecule has 1 fully saturated rings. The summed E-state index contributed by atoms with van der Waals surface area (Å²) in [5.41, 5.74) is 8.77. The summed E-state index contributed by atoms with van der Waals surface area (Å²) in [6.45, 7) is 7.73. The molecule has 3 rings (SSSR count). The second-order valence-corrected chi connectivity index (χ2v) is 6.32. The van der Waals surface area contributed by atoms with Gasteiger partial charge in [-0.05, 0) is 49.5 Å². The molecule has 0 amide bonds. The Hall–Kier alpha value is -1.55. The number of likely N-dealkylation sites (tertiary alicyclic amines) is 1. The van der Waals surface area contributed by atoms with Gasteiger partial charge in [-0.1, -0.05) is 26.7 Å². The van der Waals surface area contributed by atoms with Crippen LogP contribution in [0.2, 0.25) is 0 Å². The van der Waals surface area contributed by atoms with Crippen molar-refractivity contribution in [1.29, 1.82) is 0 Å². The molecule has 21 heavy (non-hydrogen) atoms. The molecule has 0 saturated carbocycles. The first kappa shape index (κ1) is 14.4. The minimum absolute atomic E-state index is 0.562. The number of aromatic nitrogens is 1. The summed E-state index contributed by atoms with van der Waals surface area (Å²) in [6, 6.07) is 5.63. The molecule has 0 aliphatic carbocycles. The summed E-state index contributed by atoms with van der Waals surface area (Å²) in [5, 5.41) is 0. The molecule has 0 atom stereocenters. The summed E-state index contributed by atoms with van der Waals surface area (Å²) in [7, 11) is 0. The van der Waals surface area contributed by atoms with E-state index in [0.29, 0.717) is 5.41 Å². The molecule has 0 radical (unpaired) electrons. The molecule has 0 bridgehead atoms. The number of piperidine rings is 1. The van der Waals surface area contributed by atoms with Crippen molar-refractivity contribution in [2.75, 3.05) is 18.8 Å². The summed E-state index contributed by atoms with van der Waals surface area (Å²) in [6.07, 6.45) is 5.15. The number of hydrogen-bond acceptors (Lipinski definition) is 4. The van der Waals surface area contributed by atoms with Crippen molar-refractivity contribution >= 4 is 16.8 Å². The molecule has 2 aromatic rings. The standard InChI is InChI=1S/C17H25N3O/c1-3-17(4-2)7-9-20(10-8-17)12-16-19-14-11-13(18)5-6-15(14)21-16/h5-6,11H,3-4,7-10,12,18H2,1-2H3. The number of oxazole rings is 1. The maximum absolute atomic E-state index is 5.82. The van der Waals surface area contributed by atoms with E-state index in [1.807, 2.05) is 18.2 Å². The van der Waals surface area contributed by atoms with Crippen LogP contribution < -0.4 is 5.73 Å². The van der Waals surface area contributed by atoms with Gasteiger partial charge in [0.05, 0.1) is 6.54 Å². The predicted octanol–water partition coefficient (Wildman–Crippen LogP) is 3.81. The first-order valence-electron chi connectivity index (χ1n) is 8.01. The highest BCUT2D eigenvalue weighted by Crippen LogP contribution is 2.38. The van der Waals surface area contributed by atoms with Crippen LogP contribution in [0, 0.1) is 5.41 Å². The van der Waals surface area contributed by atoms with Crippen molar-refractivity contribution in [3.63, 3.8) is 0 Å². The fourth-order valence-electron chi connectivity index (χ4n) is 3.39. The summed E-state index contributed by atoms with van der Waals surface area (Å²) >= 11 is 0. The van der Waals surface area contributed by atoms with E-state index in [-0.39, 0.29) is 0 Å². The molecule has 0 spiro atoms. The van der Waals surface area contributed by atoms with Gasteiger partial charge in [-0.2, -0.15) is 0 Å². The average Bonchev–Trinajstić information content (AvgIpc) is 2.90. The minimum Gasteiger partial charge on any atom is -0.439 e. The Balaban J connectivity index is 1.66. The Morgan fingerprint density at radius 1 is 1.24 bits per heavy atom. The highest BCUT2D eigenvalue weighted by Gasteiger charge is 2.31. The van der Waals surface area contributed by atoms with Gasteiger partial charge in [0.1, 0.15) is 5.52 Å². The van der Waals surface area contributed by atoms with Gasteiger partial charge in [0, 0.05) is 5.69 Å². The van der Waals surface area contributed by atoms with Crippen LogP contribution in [0.3, 0.4) is 0 Å². The van der Waals surface area contributed by atoms with Crippen molar-refractivity contribution in [3.05, 3.63) is 24.1 Å². The van der Waals surface area contributed by atoms with Crippen LogP contribution in [0.15, 0.2) is 22.6 Å². The first-order chi connectivity index (χ1) is 10.1. The molecule has 1 aliphatic heterocycles. The van der Waals surface area contributed by atoms with Gasteiger partial charge in [0.2, 0.25) is 5.89 Å². The third-order valence-electron chi connectivity index (χ3n) is 5.23. The van der Waals surface area contributed by atoms with Crippen molar-refractivity contribution in [2.24, 2.45) is 5.41 Å². The lowest BCUT2D eigenvalue weighted by atomic mass is 9.74. The zero-order valence-corrected chi connectivity index (χ0v) is 13.1. The Bertz CT molecular complexity index is 606. The molecule has 4 heteroatoms. The SMILES string of the molecule is CCC1(CC)CCN(Cc2nc3cc(N)ccc3o2)CC1. The van der Waals surface area contributed by atoms with Crippen LogP contribution in [-0.2, 0) is 6.54 Å². The van der Waals surface area contributed by atoms with E-state index < -0.39 is 0 Å². The van der Waals surface area contributed by atoms with Crippen molar-refractivity contribution in [2.45, 2.75) is 46.1 Å².